The molecule has 0 saturated heterocycles. The zero-order chi connectivity index (χ0) is 8.31. The number of rotatable bonds is 2. The number of hydrogen-bond acceptors (Lipinski definition) is 2. The number of nitrogens with two attached hydrogens (primary N) is 1. The van der Waals surface area contributed by atoms with Crippen LogP contribution in [0, 0.1) is 11.3 Å². The quantitative estimate of drug-likeness (QED) is 0.565. The SMILES string of the molecule is CC(=N)/C(=C(/C)N)C(C)C. The van der Waals surface area contributed by atoms with Crippen molar-refractivity contribution in [3.05, 3.63) is 11.3 Å². The Kier molecular flexibility index (Phi) is 3.13. The second-order valence-corrected chi connectivity index (χ2v) is 2.88. The molecule has 0 amide bonds. The van der Waals surface area contributed by atoms with Crippen LogP contribution in [0.2, 0.25) is 0 Å². The van der Waals surface area contributed by atoms with Gasteiger partial charge in [-0.3, -0.25) is 0 Å². The summed E-state index contributed by atoms with van der Waals surface area (Å²) in [4.78, 5) is 0. The Morgan fingerprint density at radius 2 is 1.70 bits per heavy atom. The largest absolute Gasteiger partial charge is 0.402 e. The highest BCUT2D eigenvalue weighted by atomic mass is 14.6. The van der Waals surface area contributed by atoms with Crippen molar-refractivity contribution in [3.63, 3.8) is 0 Å². The Morgan fingerprint density at radius 3 is 1.70 bits per heavy atom. The molecule has 3 N–H and O–H groups in total. The predicted octanol–water partition coefficient (Wildman–Crippen LogP) is 1.91. The summed E-state index contributed by atoms with van der Waals surface area (Å²) in [7, 11) is 0. The molecule has 0 aliphatic heterocycles. The van der Waals surface area contributed by atoms with E-state index in [1.165, 1.54) is 0 Å². The zero-order valence-corrected chi connectivity index (χ0v) is 7.15. The van der Waals surface area contributed by atoms with Gasteiger partial charge in [-0.25, -0.2) is 0 Å². The monoisotopic (exact) mass is 140 g/mol. The molecular weight excluding hydrogens is 124 g/mol. The van der Waals surface area contributed by atoms with Crippen molar-refractivity contribution in [2.75, 3.05) is 0 Å². The Morgan fingerprint density at radius 1 is 1.30 bits per heavy atom. The number of hydrogen-bond donors (Lipinski definition) is 2. The van der Waals surface area contributed by atoms with Gasteiger partial charge < -0.3 is 11.1 Å². The lowest BCUT2D eigenvalue weighted by Gasteiger charge is -2.10. The van der Waals surface area contributed by atoms with Gasteiger partial charge in [0.15, 0.2) is 0 Å². The number of allylic oxidation sites excluding steroid dienone is 2. The lowest BCUT2D eigenvalue weighted by atomic mass is 9.98. The molecule has 0 aliphatic rings. The lowest BCUT2D eigenvalue weighted by Crippen LogP contribution is -2.10. The van der Waals surface area contributed by atoms with E-state index in [1.54, 1.807) is 6.92 Å². The standard InChI is InChI=1S/C8H16N2/c1-5(2)8(6(3)9)7(4)10/h5,9H,10H2,1-4H3/b8-7-,9-6?. The highest BCUT2D eigenvalue weighted by Crippen LogP contribution is 2.12. The minimum atomic E-state index is 0.363. The molecule has 0 atom stereocenters. The van der Waals surface area contributed by atoms with E-state index in [9.17, 15) is 0 Å². The molecule has 0 rings (SSSR count). The van der Waals surface area contributed by atoms with E-state index in [0.29, 0.717) is 11.6 Å². The lowest BCUT2D eigenvalue weighted by molar-refractivity contribution is 0.786. The van der Waals surface area contributed by atoms with Gasteiger partial charge in [0.1, 0.15) is 0 Å². The molecule has 58 valence electrons. The van der Waals surface area contributed by atoms with Gasteiger partial charge in [-0.1, -0.05) is 13.8 Å². The van der Waals surface area contributed by atoms with E-state index in [0.717, 1.165) is 11.3 Å². The van der Waals surface area contributed by atoms with Crippen LogP contribution >= 0.6 is 0 Å². The predicted molar refractivity (Wildman–Crippen MR) is 45.1 cm³/mol. The molecule has 0 saturated carbocycles. The molecule has 0 bridgehead atoms. The van der Waals surface area contributed by atoms with Gasteiger partial charge in [0.25, 0.3) is 0 Å². The molecule has 0 spiro atoms. The summed E-state index contributed by atoms with van der Waals surface area (Å²) >= 11 is 0. The second kappa shape index (κ2) is 3.40. The van der Waals surface area contributed by atoms with E-state index < -0.39 is 0 Å². The van der Waals surface area contributed by atoms with E-state index in [1.807, 2.05) is 20.8 Å². The molecule has 2 heteroatoms. The maximum Gasteiger partial charge on any atom is 0.0334 e. The third-order valence-electron chi connectivity index (χ3n) is 1.41. The summed E-state index contributed by atoms with van der Waals surface area (Å²) in [6.45, 7) is 7.70. The number of nitrogens with one attached hydrogen (secondary N) is 1. The molecule has 0 aromatic carbocycles. The van der Waals surface area contributed by atoms with Crippen molar-refractivity contribution in [2.24, 2.45) is 11.7 Å². The molecule has 10 heavy (non-hydrogen) atoms. The third kappa shape index (κ3) is 2.21. The van der Waals surface area contributed by atoms with Crippen LogP contribution in [0.4, 0.5) is 0 Å². The molecule has 0 unspecified atom stereocenters. The van der Waals surface area contributed by atoms with Crippen LogP contribution in [0.1, 0.15) is 27.7 Å². The first-order chi connectivity index (χ1) is 4.46. The van der Waals surface area contributed by atoms with Gasteiger partial charge >= 0.3 is 0 Å². The van der Waals surface area contributed by atoms with Crippen molar-refractivity contribution in [2.45, 2.75) is 27.7 Å². The topological polar surface area (TPSA) is 49.9 Å². The van der Waals surface area contributed by atoms with E-state index in [4.69, 9.17) is 11.1 Å². The fraction of sp³-hybridized carbons (Fsp3) is 0.625. The molecule has 0 aromatic heterocycles. The smallest absolute Gasteiger partial charge is 0.0334 e. The first-order valence-electron chi connectivity index (χ1n) is 3.48. The first-order valence-corrected chi connectivity index (χ1v) is 3.48. The van der Waals surface area contributed by atoms with Crippen LogP contribution in [0.5, 0.6) is 0 Å². The fourth-order valence-electron chi connectivity index (χ4n) is 1.18. The van der Waals surface area contributed by atoms with Crippen LogP contribution in [-0.4, -0.2) is 5.71 Å². The highest BCUT2D eigenvalue weighted by Gasteiger charge is 2.06. The average molecular weight is 140 g/mol. The Hall–Kier alpha value is -0.790. The van der Waals surface area contributed by atoms with Crippen LogP contribution in [0.15, 0.2) is 11.3 Å². The van der Waals surface area contributed by atoms with Crippen molar-refractivity contribution in [1.82, 2.24) is 0 Å². The van der Waals surface area contributed by atoms with Crippen molar-refractivity contribution < 1.29 is 0 Å². The Balaban J connectivity index is 4.61. The van der Waals surface area contributed by atoms with Crippen LogP contribution in [0.3, 0.4) is 0 Å². The van der Waals surface area contributed by atoms with Crippen molar-refractivity contribution in [1.29, 1.82) is 5.41 Å². The van der Waals surface area contributed by atoms with Crippen LogP contribution in [-0.2, 0) is 0 Å². The molecular formula is C8H16N2. The van der Waals surface area contributed by atoms with Gasteiger partial charge in [-0.2, -0.15) is 0 Å². The van der Waals surface area contributed by atoms with Crippen LogP contribution < -0.4 is 5.73 Å². The van der Waals surface area contributed by atoms with E-state index >= 15 is 0 Å². The minimum Gasteiger partial charge on any atom is -0.402 e. The molecule has 0 aromatic rings. The van der Waals surface area contributed by atoms with Gasteiger partial charge in [-0.15, -0.1) is 0 Å². The van der Waals surface area contributed by atoms with Gasteiger partial charge in [0.2, 0.25) is 0 Å². The van der Waals surface area contributed by atoms with Gasteiger partial charge in [-0.05, 0) is 25.3 Å². The molecule has 0 radical (unpaired) electrons. The molecule has 0 heterocycles. The zero-order valence-electron chi connectivity index (χ0n) is 7.15. The normalized spacial score (nSPS) is 13.3. The van der Waals surface area contributed by atoms with E-state index in [2.05, 4.69) is 0 Å². The Bertz CT molecular complexity index is 162. The maximum absolute atomic E-state index is 7.37. The van der Waals surface area contributed by atoms with Crippen LogP contribution in [0.25, 0.3) is 0 Å². The summed E-state index contributed by atoms with van der Waals surface area (Å²) in [5, 5.41) is 7.37. The molecule has 0 aliphatic carbocycles. The van der Waals surface area contributed by atoms with Gasteiger partial charge in [0.05, 0.1) is 0 Å². The third-order valence-corrected chi connectivity index (χ3v) is 1.41. The highest BCUT2D eigenvalue weighted by molar-refractivity contribution is 5.96. The molecule has 2 nitrogen and oxygen atoms in total. The fourth-order valence-corrected chi connectivity index (χ4v) is 1.18. The summed E-state index contributed by atoms with van der Waals surface area (Å²) in [5.74, 6) is 0.363. The van der Waals surface area contributed by atoms with Gasteiger partial charge in [0, 0.05) is 11.4 Å². The minimum absolute atomic E-state index is 0.363. The summed E-state index contributed by atoms with van der Waals surface area (Å²) < 4.78 is 0. The average Bonchev–Trinajstić information content (AvgIpc) is 1.59. The van der Waals surface area contributed by atoms with E-state index in [-0.39, 0.29) is 0 Å². The maximum atomic E-state index is 7.37. The van der Waals surface area contributed by atoms with Crippen molar-refractivity contribution >= 4 is 5.71 Å². The Labute approximate surface area is 62.6 Å². The first kappa shape index (κ1) is 9.21. The summed E-state index contributed by atoms with van der Waals surface area (Å²) in [6.07, 6.45) is 0. The summed E-state index contributed by atoms with van der Waals surface area (Å²) in [6, 6.07) is 0. The molecule has 0 fully saturated rings. The summed E-state index contributed by atoms with van der Waals surface area (Å²) in [5.41, 5.74) is 7.89. The van der Waals surface area contributed by atoms with Crippen molar-refractivity contribution in [3.8, 4) is 0 Å². The second-order valence-electron chi connectivity index (χ2n) is 2.88.